The maximum Gasteiger partial charge on any atom is 0.418 e. The fraction of sp³-hybridized carbons (Fsp3) is 0.0833. The molecule has 0 aliphatic rings. The van der Waals surface area contributed by atoms with Crippen LogP contribution >= 0.6 is 0 Å². The van der Waals surface area contributed by atoms with Gasteiger partial charge in [-0.05, 0) is 63.5 Å². The van der Waals surface area contributed by atoms with Gasteiger partial charge in [0.05, 0.1) is 17.8 Å². The molecule has 6 heteroatoms. The molecular weight excluding hydrogens is 533 g/mol. The van der Waals surface area contributed by atoms with Crippen LogP contribution in [0.5, 0.6) is 5.75 Å². The van der Waals surface area contributed by atoms with Crippen molar-refractivity contribution in [3.63, 3.8) is 0 Å². The Hall–Kier alpha value is -5.10. The molecule has 1 aromatic heterocycles. The smallest absolute Gasteiger partial charge is 0.418 e. The highest BCUT2D eigenvalue weighted by Gasteiger charge is 2.34. The minimum atomic E-state index is -4.51. The molecule has 3 nitrogen and oxygen atoms in total. The molecule has 0 aliphatic heterocycles. The highest BCUT2D eigenvalue weighted by atomic mass is 19.4. The third-order valence-corrected chi connectivity index (χ3v) is 7.64. The van der Waals surface area contributed by atoms with E-state index in [9.17, 15) is 13.2 Å². The van der Waals surface area contributed by atoms with Crippen LogP contribution in [0.25, 0.3) is 43.7 Å². The molecule has 206 valence electrons. The average Bonchev–Trinajstić information content (AvgIpc) is 3.37. The first kappa shape index (κ1) is 25.8. The van der Waals surface area contributed by atoms with Crippen molar-refractivity contribution in [3.8, 4) is 17.0 Å². The molecule has 0 N–H and O–H groups in total. The predicted octanol–water partition coefficient (Wildman–Crippen LogP) is 9.66. The Kier molecular flexibility index (Phi) is 6.39. The molecule has 0 radical (unpaired) electrons. The summed E-state index contributed by atoms with van der Waals surface area (Å²) in [5, 5.41) is 9.52. The fourth-order valence-corrected chi connectivity index (χ4v) is 5.68. The number of halogens is 3. The minimum absolute atomic E-state index is 0.0564. The van der Waals surface area contributed by atoms with Gasteiger partial charge in [0.2, 0.25) is 0 Å². The Labute approximate surface area is 240 Å². The van der Waals surface area contributed by atoms with Gasteiger partial charge in [0.15, 0.2) is 0 Å². The van der Waals surface area contributed by atoms with Crippen LogP contribution < -0.4 is 4.74 Å². The van der Waals surface area contributed by atoms with Gasteiger partial charge < -0.3 is 4.74 Å². The summed E-state index contributed by atoms with van der Waals surface area (Å²) in [6, 6.07) is 40.1. The van der Waals surface area contributed by atoms with Crippen LogP contribution in [-0.4, -0.2) is 9.78 Å². The van der Waals surface area contributed by atoms with E-state index in [1.165, 1.54) is 6.07 Å². The molecule has 0 unspecified atom stereocenters. The molecule has 0 spiro atoms. The Balaban J connectivity index is 1.25. The van der Waals surface area contributed by atoms with E-state index in [1.54, 1.807) is 10.7 Å². The van der Waals surface area contributed by atoms with E-state index in [-0.39, 0.29) is 5.52 Å². The second kappa shape index (κ2) is 10.4. The summed E-state index contributed by atoms with van der Waals surface area (Å²) in [5.41, 5.74) is 2.65. The van der Waals surface area contributed by atoms with E-state index in [2.05, 4.69) is 35.4 Å². The first-order valence-corrected chi connectivity index (χ1v) is 13.7. The highest BCUT2D eigenvalue weighted by Crippen LogP contribution is 2.38. The number of hydrogen-bond donors (Lipinski definition) is 0. The minimum Gasteiger partial charge on any atom is -0.489 e. The first-order chi connectivity index (χ1) is 20.5. The van der Waals surface area contributed by atoms with Crippen molar-refractivity contribution in [1.82, 2.24) is 9.78 Å². The average molecular weight is 559 g/mol. The maximum absolute atomic E-state index is 13.9. The molecule has 7 rings (SSSR count). The van der Waals surface area contributed by atoms with Crippen LogP contribution in [0.15, 0.2) is 127 Å². The quantitative estimate of drug-likeness (QED) is 0.190. The topological polar surface area (TPSA) is 27.1 Å². The van der Waals surface area contributed by atoms with E-state index in [1.807, 2.05) is 78.9 Å². The lowest BCUT2D eigenvalue weighted by Gasteiger charge is -2.14. The second-order valence-electron chi connectivity index (χ2n) is 10.3. The lowest BCUT2D eigenvalue weighted by molar-refractivity contribution is -0.136. The first-order valence-electron chi connectivity index (χ1n) is 13.7. The van der Waals surface area contributed by atoms with Crippen LogP contribution in [0.1, 0.15) is 16.7 Å². The number of fused-ring (bicyclic) bond motifs is 3. The van der Waals surface area contributed by atoms with Gasteiger partial charge in [0.25, 0.3) is 0 Å². The van der Waals surface area contributed by atoms with Gasteiger partial charge in [0, 0.05) is 16.5 Å². The number of hydrogen-bond acceptors (Lipinski definition) is 2. The SMILES string of the molecule is FC(F)(F)c1cccc2c(-c3ccc(OCc4c5ccccc5cc5ccccc45)cc3)n(Cc3ccccc3)nc12. The van der Waals surface area contributed by atoms with Gasteiger partial charge in [-0.2, -0.15) is 18.3 Å². The monoisotopic (exact) mass is 558 g/mol. The molecule has 0 saturated carbocycles. The molecule has 0 aliphatic carbocycles. The summed E-state index contributed by atoms with van der Waals surface area (Å²) in [6.45, 7) is 0.722. The van der Waals surface area contributed by atoms with Gasteiger partial charge in [-0.15, -0.1) is 0 Å². The van der Waals surface area contributed by atoms with Crippen molar-refractivity contribution in [2.45, 2.75) is 19.3 Å². The largest absolute Gasteiger partial charge is 0.489 e. The van der Waals surface area contributed by atoms with Crippen LogP contribution in [0.3, 0.4) is 0 Å². The number of nitrogens with zero attached hydrogens (tertiary/aromatic N) is 2. The summed E-state index contributed by atoms with van der Waals surface area (Å²) in [4.78, 5) is 0. The maximum atomic E-state index is 13.9. The third kappa shape index (κ3) is 4.75. The molecule has 0 amide bonds. The van der Waals surface area contributed by atoms with E-state index in [4.69, 9.17) is 4.74 Å². The third-order valence-electron chi connectivity index (χ3n) is 7.64. The predicted molar refractivity (Wildman–Crippen MR) is 162 cm³/mol. The molecule has 1 heterocycles. The summed E-state index contributed by atoms with van der Waals surface area (Å²) < 4.78 is 49.6. The number of ether oxygens (including phenoxy) is 1. The Morgan fingerprint density at radius 1 is 0.643 bits per heavy atom. The highest BCUT2D eigenvalue weighted by molar-refractivity contribution is 6.02. The van der Waals surface area contributed by atoms with Crippen LogP contribution in [-0.2, 0) is 19.3 Å². The van der Waals surface area contributed by atoms with E-state index < -0.39 is 11.7 Å². The van der Waals surface area contributed by atoms with Crippen molar-refractivity contribution in [2.24, 2.45) is 0 Å². The van der Waals surface area contributed by atoms with Crippen molar-refractivity contribution in [2.75, 3.05) is 0 Å². The van der Waals surface area contributed by atoms with Crippen molar-refractivity contribution in [3.05, 3.63) is 144 Å². The number of benzene rings is 6. The normalized spacial score (nSPS) is 11.9. The number of aromatic nitrogens is 2. The molecule has 0 bridgehead atoms. The van der Waals surface area contributed by atoms with Gasteiger partial charge >= 0.3 is 6.18 Å². The van der Waals surface area contributed by atoms with Crippen LogP contribution in [0.2, 0.25) is 0 Å². The number of alkyl halides is 3. The summed E-state index contributed by atoms with van der Waals surface area (Å²) >= 11 is 0. The molecular formula is C36H25F3N2O. The fourth-order valence-electron chi connectivity index (χ4n) is 5.68. The Morgan fingerprint density at radius 2 is 1.26 bits per heavy atom. The summed E-state index contributed by atoms with van der Waals surface area (Å²) in [6.07, 6.45) is -4.51. The molecule has 6 aromatic carbocycles. The van der Waals surface area contributed by atoms with Crippen LogP contribution in [0.4, 0.5) is 13.2 Å². The number of rotatable bonds is 6. The molecule has 0 atom stereocenters. The molecule has 0 fully saturated rings. The summed E-state index contributed by atoms with van der Waals surface area (Å²) in [5.74, 6) is 0.671. The van der Waals surface area contributed by atoms with Crippen molar-refractivity contribution in [1.29, 1.82) is 0 Å². The molecule has 7 aromatic rings. The second-order valence-corrected chi connectivity index (χ2v) is 10.3. The van der Waals surface area contributed by atoms with Crippen LogP contribution in [0, 0.1) is 0 Å². The van der Waals surface area contributed by atoms with E-state index in [0.29, 0.717) is 30.0 Å². The summed E-state index contributed by atoms with van der Waals surface area (Å²) in [7, 11) is 0. The Morgan fingerprint density at radius 3 is 1.93 bits per heavy atom. The van der Waals surface area contributed by atoms with E-state index >= 15 is 0 Å². The standard InChI is InChI=1S/C36H25F3N2O/c37-36(38,39)33-16-8-15-31-34(33)40-41(22-24-9-2-1-3-10-24)35(31)25-17-19-28(20-18-25)42-23-32-29-13-6-4-11-26(29)21-27-12-5-7-14-30(27)32/h1-21H,22-23H2. The van der Waals surface area contributed by atoms with Gasteiger partial charge in [-0.25, -0.2) is 0 Å². The van der Waals surface area contributed by atoms with Gasteiger partial charge in [-0.1, -0.05) is 91.0 Å². The zero-order valence-electron chi connectivity index (χ0n) is 22.5. The van der Waals surface area contributed by atoms with Gasteiger partial charge in [0.1, 0.15) is 17.9 Å². The lowest BCUT2D eigenvalue weighted by atomic mass is 9.97. The lowest BCUT2D eigenvalue weighted by Crippen LogP contribution is -2.06. The zero-order chi connectivity index (χ0) is 28.7. The van der Waals surface area contributed by atoms with E-state index in [0.717, 1.165) is 44.3 Å². The molecule has 42 heavy (non-hydrogen) atoms. The molecule has 0 saturated heterocycles. The Bertz CT molecular complexity index is 1990. The zero-order valence-corrected chi connectivity index (χ0v) is 22.5. The van der Waals surface area contributed by atoms with Crippen molar-refractivity contribution >= 4 is 32.4 Å². The van der Waals surface area contributed by atoms with Gasteiger partial charge in [-0.3, -0.25) is 4.68 Å². The van der Waals surface area contributed by atoms with Crippen molar-refractivity contribution < 1.29 is 17.9 Å².